The molecule has 1 fully saturated rings. The van der Waals surface area contributed by atoms with Gasteiger partial charge in [-0.2, -0.15) is 0 Å². The van der Waals surface area contributed by atoms with Crippen LogP contribution in [0.2, 0.25) is 0 Å². The van der Waals surface area contributed by atoms with Crippen LogP contribution in [0.4, 0.5) is 0 Å². The number of aromatic nitrogens is 6. The Morgan fingerprint density at radius 3 is 2.86 bits per heavy atom. The number of hydrogen-bond acceptors (Lipinski definition) is 5. The third kappa shape index (κ3) is 4.73. The predicted molar refractivity (Wildman–Crippen MR) is 142 cm³/mol. The molecule has 2 aliphatic rings. The normalized spacial score (nSPS) is 23.5. The molecule has 1 saturated carbocycles. The minimum absolute atomic E-state index is 0.139. The largest absolute Gasteiger partial charge is 0.328 e. The summed E-state index contributed by atoms with van der Waals surface area (Å²) in [5.41, 5.74) is 2.97. The predicted octanol–water partition coefficient (Wildman–Crippen LogP) is 5.24. The molecule has 0 spiro atoms. The fourth-order valence-corrected chi connectivity index (χ4v) is 6.10. The van der Waals surface area contributed by atoms with Gasteiger partial charge in [0, 0.05) is 47.9 Å². The molecule has 8 heteroatoms. The summed E-state index contributed by atoms with van der Waals surface area (Å²) in [6.45, 7) is 5.04. The van der Waals surface area contributed by atoms with Crippen LogP contribution in [0.15, 0.2) is 52.5 Å². The van der Waals surface area contributed by atoms with E-state index in [0.717, 1.165) is 48.9 Å². The van der Waals surface area contributed by atoms with E-state index in [-0.39, 0.29) is 11.1 Å². The standard InChI is InChI=1S/C28H37N7O/c1-3-5-12-24-19-34(25-13-7-9-21(25)8-4-2)27(36)35(24)20-28(14-16-29-17-15-28)23-11-6-10-22(18-23)26-30-32-33-31-26/h6,10-11,14,16-19,21,25H,3-5,7-9,12-13,15,20H2,1-2H3,(H,30,31,32,33). The molecule has 190 valence electrons. The van der Waals surface area contributed by atoms with E-state index < -0.39 is 0 Å². The van der Waals surface area contributed by atoms with Gasteiger partial charge in [0.05, 0.1) is 0 Å². The Morgan fingerprint density at radius 2 is 2.11 bits per heavy atom. The number of hydrogen-bond donors (Lipinski definition) is 1. The van der Waals surface area contributed by atoms with Crippen LogP contribution >= 0.6 is 0 Å². The van der Waals surface area contributed by atoms with Crippen molar-refractivity contribution in [3.05, 3.63) is 64.5 Å². The van der Waals surface area contributed by atoms with E-state index in [1.54, 1.807) is 0 Å². The van der Waals surface area contributed by atoms with Crippen LogP contribution in [-0.4, -0.2) is 36.0 Å². The summed E-state index contributed by atoms with van der Waals surface area (Å²) in [6, 6.07) is 8.63. The Balaban J connectivity index is 1.55. The Labute approximate surface area is 212 Å². The molecule has 1 aromatic carbocycles. The van der Waals surface area contributed by atoms with E-state index in [1.165, 1.54) is 25.7 Å². The zero-order valence-corrected chi connectivity index (χ0v) is 21.4. The maximum Gasteiger partial charge on any atom is 0.328 e. The Bertz CT molecular complexity index is 1270. The van der Waals surface area contributed by atoms with Gasteiger partial charge in [0.1, 0.15) is 0 Å². The van der Waals surface area contributed by atoms with Gasteiger partial charge in [0.25, 0.3) is 0 Å². The molecule has 3 atom stereocenters. The van der Waals surface area contributed by atoms with Crippen molar-refractivity contribution in [1.82, 2.24) is 29.8 Å². The van der Waals surface area contributed by atoms with E-state index >= 15 is 0 Å². The number of unbranched alkanes of at least 4 members (excludes halogenated alkanes) is 1. The number of imidazole rings is 1. The number of benzene rings is 1. The zero-order valence-electron chi connectivity index (χ0n) is 21.4. The molecular weight excluding hydrogens is 450 g/mol. The highest BCUT2D eigenvalue weighted by Crippen LogP contribution is 2.39. The molecule has 1 aliphatic carbocycles. The molecule has 0 saturated heterocycles. The van der Waals surface area contributed by atoms with Gasteiger partial charge in [-0.3, -0.25) is 14.1 Å². The fraction of sp³-hybridized carbons (Fsp3) is 0.536. The summed E-state index contributed by atoms with van der Waals surface area (Å²) < 4.78 is 4.15. The van der Waals surface area contributed by atoms with Crippen LogP contribution in [0.1, 0.15) is 82.5 Å². The van der Waals surface area contributed by atoms with Gasteiger partial charge >= 0.3 is 5.69 Å². The van der Waals surface area contributed by atoms with Gasteiger partial charge in [-0.1, -0.05) is 57.4 Å². The van der Waals surface area contributed by atoms with E-state index in [4.69, 9.17) is 0 Å². The highest BCUT2D eigenvalue weighted by molar-refractivity contribution is 5.65. The Kier molecular flexibility index (Phi) is 7.30. The number of rotatable bonds is 10. The number of H-pyrrole nitrogens is 1. The Morgan fingerprint density at radius 1 is 1.19 bits per heavy atom. The maximum absolute atomic E-state index is 14.0. The minimum Gasteiger partial charge on any atom is -0.296 e. The van der Waals surface area contributed by atoms with E-state index in [0.29, 0.717) is 24.3 Å². The van der Waals surface area contributed by atoms with Crippen LogP contribution < -0.4 is 5.69 Å². The van der Waals surface area contributed by atoms with Gasteiger partial charge < -0.3 is 0 Å². The SMILES string of the molecule is CCCCc1cn(C2CCCC2CCC)c(=O)n1CC1(c2cccc(-c3nnn[nH]3)c2)C=CN=CC1. The molecule has 2 aromatic heterocycles. The molecule has 3 aromatic rings. The second-order valence-corrected chi connectivity index (χ2v) is 10.4. The van der Waals surface area contributed by atoms with Crippen LogP contribution in [0.25, 0.3) is 11.4 Å². The summed E-state index contributed by atoms with van der Waals surface area (Å²) in [7, 11) is 0. The summed E-state index contributed by atoms with van der Waals surface area (Å²) in [5, 5.41) is 14.4. The lowest BCUT2D eigenvalue weighted by Gasteiger charge is -2.32. The van der Waals surface area contributed by atoms with E-state index in [9.17, 15) is 4.79 Å². The summed E-state index contributed by atoms with van der Waals surface area (Å²) >= 11 is 0. The second-order valence-electron chi connectivity index (χ2n) is 10.4. The van der Waals surface area contributed by atoms with Crippen LogP contribution in [-0.2, 0) is 18.4 Å². The van der Waals surface area contributed by atoms with Gasteiger partial charge in [0.2, 0.25) is 0 Å². The number of nitrogens with zero attached hydrogens (tertiary/aromatic N) is 6. The molecule has 3 unspecified atom stereocenters. The summed E-state index contributed by atoms with van der Waals surface area (Å²) in [4.78, 5) is 18.4. The molecule has 5 rings (SSSR count). The van der Waals surface area contributed by atoms with Crippen LogP contribution in [0, 0.1) is 5.92 Å². The average molecular weight is 488 g/mol. The molecule has 36 heavy (non-hydrogen) atoms. The van der Waals surface area contributed by atoms with Gasteiger partial charge in [0.15, 0.2) is 5.82 Å². The van der Waals surface area contributed by atoms with Crippen molar-refractivity contribution in [3.63, 3.8) is 0 Å². The smallest absolute Gasteiger partial charge is 0.296 e. The molecule has 3 heterocycles. The van der Waals surface area contributed by atoms with Crippen molar-refractivity contribution in [3.8, 4) is 11.4 Å². The fourth-order valence-electron chi connectivity index (χ4n) is 6.10. The van der Waals surface area contributed by atoms with E-state index in [1.807, 2.05) is 24.5 Å². The number of tetrazole rings is 1. The van der Waals surface area contributed by atoms with Crippen molar-refractivity contribution < 1.29 is 0 Å². The molecular formula is C28H37N7O. The van der Waals surface area contributed by atoms with Crippen LogP contribution in [0.3, 0.4) is 0 Å². The van der Waals surface area contributed by atoms with Crippen molar-refractivity contribution in [2.45, 2.75) is 89.6 Å². The first-order chi connectivity index (χ1) is 17.6. The van der Waals surface area contributed by atoms with Gasteiger partial charge in [-0.25, -0.2) is 9.89 Å². The average Bonchev–Trinajstić information content (AvgIpc) is 3.66. The third-order valence-corrected chi connectivity index (χ3v) is 8.05. The number of aliphatic imine (C=N–C) groups is 1. The number of aromatic amines is 1. The monoisotopic (exact) mass is 487 g/mol. The first-order valence-corrected chi connectivity index (χ1v) is 13.5. The van der Waals surface area contributed by atoms with Crippen molar-refractivity contribution in [2.24, 2.45) is 10.9 Å². The highest BCUT2D eigenvalue weighted by atomic mass is 16.1. The lowest BCUT2D eigenvalue weighted by atomic mass is 9.76. The first kappa shape index (κ1) is 24.4. The van der Waals surface area contributed by atoms with Crippen molar-refractivity contribution in [1.29, 1.82) is 0 Å². The third-order valence-electron chi connectivity index (χ3n) is 8.05. The molecule has 8 nitrogen and oxygen atoms in total. The van der Waals surface area contributed by atoms with E-state index in [2.05, 4.69) is 73.0 Å². The number of allylic oxidation sites excluding steroid dienone is 1. The summed E-state index contributed by atoms with van der Waals surface area (Å²) in [6.07, 6.45) is 17.9. The molecule has 1 N–H and O–H groups in total. The lowest BCUT2D eigenvalue weighted by Crippen LogP contribution is -2.38. The first-order valence-electron chi connectivity index (χ1n) is 13.5. The maximum atomic E-state index is 14.0. The zero-order chi connectivity index (χ0) is 25.0. The molecule has 0 amide bonds. The number of aryl methyl sites for hydroxylation is 1. The van der Waals surface area contributed by atoms with Crippen LogP contribution in [0.5, 0.6) is 0 Å². The highest BCUT2D eigenvalue weighted by Gasteiger charge is 2.35. The lowest BCUT2D eigenvalue weighted by molar-refractivity contribution is 0.342. The molecule has 1 aliphatic heterocycles. The Hall–Kier alpha value is -3.29. The summed E-state index contributed by atoms with van der Waals surface area (Å²) in [5.74, 6) is 1.24. The molecule has 0 bridgehead atoms. The van der Waals surface area contributed by atoms with Crippen molar-refractivity contribution in [2.75, 3.05) is 0 Å². The van der Waals surface area contributed by atoms with Gasteiger partial charge in [-0.15, -0.1) is 5.10 Å². The minimum atomic E-state index is -0.374. The second kappa shape index (κ2) is 10.8. The quantitative estimate of drug-likeness (QED) is 0.423. The topological polar surface area (TPSA) is 93.7 Å². The van der Waals surface area contributed by atoms with Gasteiger partial charge in [-0.05, 0) is 66.5 Å². The molecule has 0 radical (unpaired) electrons. The number of nitrogens with one attached hydrogen (secondary N) is 1. The van der Waals surface area contributed by atoms with Crippen molar-refractivity contribution >= 4 is 6.21 Å².